The van der Waals surface area contributed by atoms with Crippen molar-refractivity contribution in [2.24, 2.45) is 5.73 Å². The molecule has 1 amide bonds. The number of carbonyl (C=O) groups is 1. The van der Waals surface area contributed by atoms with Crippen molar-refractivity contribution in [1.82, 2.24) is 10.2 Å². The molecule has 7 nitrogen and oxygen atoms in total. The van der Waals surface area contributed by atoms with E-state index < -0.39 is 5.91 Å². The van der Waals surface area contributed by atoms with Crippen LogP contribution in [0.25, 0.3) is 0 Å². The molecule has 0 unspecified atom stereocenters. The Kier molecular flexibility index (Phi) is 4.44. The van der Waals surface area contributed by atoms with Gasteiger partial charge in [0.15, 0.2) is 22.5 Å². The zero-order valence-electron chi connectivity index (χ0n) is 11.1. The van der Waals surface area contributed by atoms with Crippen molar-refractivity contribution in [2.45, 2.75) is 6.54 Å². The number of halogens is 1. The number of amides is 1. The lowest BCUT2D eigenvalue weighted by molar-refractivity contribution is 0.100. The van der Waals surface area contributed by atoms with Gasteiger partial charge in [-0.3, -0.25) is 4.79 Å². The number of methoxy groups -OCH3 is 1. The molecule has 0 atom stereocenters. The van der Waals surface area contributed by atoms with Gasteiger partial charge in [-0.1, -0.05) is 23.7 Å². The van der Waals surface area contributed by atoms with Gasteiger partial charge in [-0.15, -0.1) is 10.2 Å². The minimum absolute atomic E-state index is 0.00930. The predicted molar refractivity (Wildman–Crippen MR) is 77.5 cm³/mol. The average Bonchev–Trinajstić information content (AvgIpc) is 2.47. The fourth-order valence-electron chi connectivity index (χ4n) is 1.74. The standard InChI is InChI=1S/C13H13ClN4O3/c1-21-9-4-2-3-7(11(9)19)6-16-13-8(12(15)20)5-10(14)17-18-13/h2-5,19H,6H2,1H3,(H2,15,20)(H,16,18). The lowest BCUT2D eigenvalue weighted by Crippen LogP contribution is -2.16. The Balaban J connectivity index is 2.23. The Morgan fingerprint density at radius 2 is 2.24 bits per heavy atom. The summed E-state index contributed by atoms with van der Waals surface area (Å²) in [5.41, 5.74) is 5.95. The first-order valence-corrected chi connectivity index (χ1v) is 6.32. The molecule has 0 aliphatic heterocycles. The first-order chi connectivity index (χ1) is 10.0. The van der Waals surface area contributed by atoms with E-state index in [2.05, 4.69) is 15.5 Å². The summed E-state index contributed by atoms with van der Waals surface area (Å²) in [7, 11) is 1.46. The molecule has 2 aromatic rings. The third kappa shape index (κ3) is 3.32. The number of nitrogens with zero attached hydrogens (tertiary/aromatic N) is 2. The zero-order chi connectivity index (χ0) is 15.4. The van der Waals surface area contributed by atoms with E-state index in [1.165, 1.54) is 13.2 Å². The van der Waals surface area contributed by atoms with Crippen LogP contribution in [0.5, 0.6) is 11.5 Å². The zero-order valence-corrected chi connectivity index (χ0v) is 11.9. The van der Waals surface area contributed by atoms with Crippen LogP contribution in [-0.2, 0) is 6.54 Å². The molecule has 2 rings (SSSR count). The highest BCUT2D eigenvalue weighted by Crippen LogP contribution is 2.29. The van der Waals surface area contributed by atoms with Gasteiger partial charge in [-0.2, -0.15) is 0 Å². The second-order valence-electron chi connectivity index (χ2n) is 4.12. The van der Waals surface area contributed by atoms with Gasteiger partial charge in [0.05, 0.1) is 12.7 Å². The molecule has 0 saturated carbocycles. The highest BCUT2D eigenvalue weighted by atomic mass is 35.5. The normalized spacial score (nSPS) is 10.2. The van der Waals surface area contributed by atoms with Crippen molar-refractivity contribution in [3.63, 3.8) is 0 Å². The maximum atomic E-state index is 11.3. The van der Waals surface area contributed by atoms with E-state index in [1.54, 1.807) is 18.2 Å². The molecule has 0 fully saturated rings. The number of hydrogen-bond donors (Lipinski definition) is 3. The third-order valence-electron chi connectivity index (χ3n) is 2.78. The summed E-state index contributed by atoms with van der Waals surface area (Å²) in [6.45, 7) is 0.208. The lowest BCUT2D eigenvalue weighted by atomic mass is 10.2. The van der Waals surface area contributed by atoms with Crippen LogP contribution in [0.15, 0.2) is 24.3 Å². The van der Waals surface area contributed by atoms with Crippen LogP contribution in [0.2, 0.25) is 5.15 Å². The molecule has 1 aromatic carbocycles. The van der Waals surface area contributed by atoms with Crippen molar-refractivity contribution in [2.75, 3.05) is 12.4 Å². The van der Waals surface area contributed by atoms with E-state index in [4.69, 9.17) is 22.1 Å². The van der Waals surface area contributed by atoms with Gasteiger partial charge in [0.2, 0.25) is 0 Å². The van der Waals surface area contributed by atoms with E-state index in [0.29, 0.717) is 11.3 Å². The summed E-state index contributed by atoms with van der Waals surface area (Å²) in [5, 5.41) is 20.4. The predicted octanol–water partition coefficient (Wildman–Crippen LogP) is 1.56. The monoisotopic (exact) mass is 308 g/mol. The molecule has 0 saturated heterocycles. The summed E-state index contributed by atoms with van der Waals surface area (Å²) < 4.78 is 5.02. The molecule has 0 spiro atoms. The van der Waals surface area contributed by atoms with Gasteiger partial charge in [-0.25, -0.2) is 0 Å². The quantitative estimate of drug-likeness (QED) is 0.773. The third-order valence-corrected chi connectivity index (χ3v) is 2.96. The fraction of sp³-hybridized carbons (Fsp3) is 0.154. The Morgan fingerprint density at radius 1 is 1.48 bits per heavy atom. The highest BCUT2D eigenvalue weighted by Gasteiger charge is 2.13. The van der Waals surface area contributed by atoms with Crippen molar-refractivity contribution in [1.29, 1.82) is 0 Å². The fourth-order valence-corrected chi connectivity index (χ4v) is 1.89. The molecular formula is C13H13ClN4O3. The molecule has 0 radical (unpaired) electrons. The van der Waals surface area contributed by atoms with Gasteiger partial charge in [0.25, 0.3) is 5.91 Å². The SMILES string of the molecule is COc1cccc(CNc2nnc(Cl)cc2C(N)=O)c1O. The van der Waals surface area contributed by atoms with Crippen LogP contribution in [0.4, 0.5) is 5.82 Å². The van der Waals surface area contributed by atoms with Crippen LogP contribution >= 0.6 is 11.6 Å². The number of primary amides is 1. The smallest absolute Gasteiger partial charge is 0.252 e. The molecule has 0 bridgehead atoms. The summed E-state index contributed by atoms with van der Waals surface area (Å²) in [5.74, 6) is -0.125. The lowest BCUT2D eigenvalue weighted by Gasteiger charge is -2.11. The summed E-state index contributed by atoms with van der Waals surface area (Å²) in [4.78, 5) is 11.3. The number of nitrogens with one attached hydrogen (secondary N) is 1. The number of rotatable bonds is 5. The van der Waals surface area contributed by atoms with Gasteiger partial charge in [0, 0.05) is 12.1 Å². The first-order valence-electron chi connectivity index (χ1n) is 5.94. The number of aromatic nitrogens is 2. The molecule has 21 heavy (non-hydrogen) atoms. The Bertz CT molecular complexity index is 678. The van der Waals surface area contributed by atoms with Crippen molar-refractivity contribution in [3.05, 3.63) is 40.5 Å². The second-order valence-corrected chi connectivity index (χ2v) is 4.50. The number of hydrogen-bond acceptors (Lipinski definition) is 6. The van der Waals surface area contributed by atoms with Crippen LogP contribution in [0.1, 0.15) is 15.9 Å². The molecule has 1 heterocycles. The van der Waals surface area contributed by atoms with E-state index >= 15 is 0 Å². The number of carbonyl (C=O) groups excluding carboxylic acids is 1. The highest BCUT2D eigenvalue weighted by molar-refractivity contribution is 6.29. The second kappa shape index (κ2) is 6.27. The molecule has 4 N–H and O–H groups in total. The Hall–Kier alpha value is -2.54. The number of phenolic OH excluding ortho intramolecular Hbond substituents is 1. The van der Waals surface area contributed by atoms with Crippen molar-refractivity contribution < 1.29 is 14.6 Å². The largest absolute Gasteiger partial charge is 0.504 e. The van der Waals surface area contributed by atoms with Crippen molar-refractivity contribution >= 4 is 23.3 Å². The summed E-state index contributed by atoms with van der Waals surface area (Å²) >= 11 is 5.68. The Labute approximate surface area is 125 Å². The van der Waals surface area contributed by atoms with Crippen LogP contribution < -0.4 is 15.8 Å². The molecule has 110 valence electrons. The van der Waals surface area contributed by atoms with E-state index in [-0.39, 0.29) is 28.8 Å². The number of benzene rings is 1. The molecule has 0 aliphatic rings. The number of phenols is 1. The van der Waals surface area contributed by atoms with Crippen molar-refractivity contribution in [3.8, 4) is 11.5 Å². The van der Waals surface area contributed by atoms with Crippen LogP contribution in [0.3, 0.4) is 0 Å². The van der Waals surface area contributed by atoms with Crippen LogP contribution in [0, 0.1) is 0 Å². The number of aromatic hydroxyl groups is 1. The minimum Gasteiger partial charge on any atom is -0.504 e. The molecule has 1 aromatic heterocycles. The molecule has 8 heteroatoms. The summed E-state index contributed by atoms with van der Waals surface area (Å²) in [6.07, 6.45) is 0. The number of ether oxygens (including phenoxy) is 1. The topological polar surface area (TPSA) is 110 Å². The maximum Gasteiger partial charge on any atom is 0.252 e. The maximum absolute atomic E-state index is 11.3. The van der Waals surface area contributed by atoms with E-state index in [9.17, 15) is 9.90 Å². The number of anilines is 1. The van der Waals surface area contributed by atoms with E-state index in [1.807, 2.05) is 0 Å². The Morgan fingerprint density at radius 3 is 2.90 bits per heavy atom. The molecular weight excluding hydrogens is 296 g/mol. The van der Waals surface area contributed by atoms with Gasteiger partial charge in [-0.05, 0) is 12.1 Å². The number of para-hydroxylation sites is 1. The van der Waals surface area contributed by atoms with Gasteiger partial charge >= 0.3 is 0 Å². The average molecular weight is 309 g/mol. The molecule has 0 aliphatic carbocycles. The van der Waals surface area contributed by atoms with Crippen LogP contribution in [-0.4, -0.2) is 28.3 Å². The summed E-state index contributed by atoms with van der Waals surface area (Å²) in [6, 6.07) is 6.40. The first kappa shape index (κ1) is 14.9. The van der Waals surface area contributed by atoms with E-state index in [0.717, 1.165) is 0 Å². The number of nitrogens with two attached hydrogens (primary N) is 1. The minimum atomic E-state index is -0.677. The van der Waals surface area contributed by atoms with Gasteiger partial charge < -0.3 is 20.9 Å². The van der Waals surface area contributed by atoms with Gasteiger partial charge in [0.1, 0.15) is 0 Å².